The maximum Gasteiger partial charge on any atom is 0.292 e. The van der Waals surface area contributed by atoms with Crippen LogP contribution in [0.4, 0.5) is 34.1 Å². The largest absolute Gasteiger partial charge is 0.396 e. The Morgan fingerprint density at radius 3 is 1.13 bits per heavy atom. The van der Waals surface area contributed by atoms with Crippen LogP contribution >= 0.6 is 0 Å². The number of nitrogens with two attached hydrogens (primary N) is 3. The lowest BCUT2D eigenvalue weighted by Gasteiger charge is -2.31. The van der Waals surface area contributed by atoms with E-state index >= 15 is 0 Å². The third-order valence-corrected chi connectivity index (χ3v) is 14.0. The number of anilines is 6. The van der Waals surface area contributed by atoms with Crippen LogP contribution in [0.25, 0.3) is 33.8 Å². The highest BCUT2D eigenvalue weighted by molar-refractivity contribution is 5.85. The zero-order valence-corrected chi connectivity index (χ0v) is 45.8. The molecule has 0 saturated carbocycles. The highest BCUT2D eigenvalue weighted by Crippen LogP contribution is 2.36. The third-order valence-electron chi connectivity index (χ3n) is 14.0. The van der Waals surface area contributed by atoms with E-state index in [2.05, 4.69) is 36.7 Å². The normalized spacial score (nSPS) is 14.1. The fourth-order valence-electron chi connectivity index (χ4n) is 10.1. The van der Waals surface area contributed by atoms with Crippen LogP contribution in [0.3, 0.4) is 0 Å². The lowest BCUT2D eigenvalue weighted by Crippen LogP contribution is -2.35. The molecule has 3 aliphatic rings. The summed E-state index contributed by atoms with van der Waals surface area (Å²) < 4.78 is 4.32. The minimum absolute atomic E-state index is 0.0164. The number of aliphatic hydroxyl groups excluding tert-OH is 1. The minimum Gasteiger partial charge on any atom is -0.396 e. The predicted octanol–water partition coefficient (Wildman–Crippen LogP) is 9.32. The van der Waals surface area contributed by atoms with Crippen molar-refractivity contribution in [3.63, 3.8) is 0 Å². The molecule has 16 heteroatoms. The van der Waals surface area contributed by atoms with E-state index in [1.54, 1.807) is 6.92 Å². The summed E-state index contributed by atoms with van der Waals surface area (Å²) in [6.07, 6.45) is 11.4. The van der Waals surface area contributed by atoms with Gasteiger partial charge in [-0.15, -0.1) is 11.8 Å². The Morgan fingerprint density at radius 1 is 0.462 bits per heavy atom. The van der Waals surface area contributed by atoms with Gasteiger partial charge in [-0.05, 0) is 76.7 Å². The molecular formula is C62H78N12O4. The molecule has 0 unspecified atom stereocenters. The predicted molar refractivity (Wildman–Crippen MR) is 320 cm³/mol. The molecule has 7 N–H and O–H groups in total. The van der Waals surface area contributed by atoms with Crippen LogP contribution in [0, 0.1) is 11.8 Å². The Labute approximate surface area is 459 Å². The third kappa shape index (κ3) is 14.4. The quantitative estimate of drug-likeness (QED) is 0.0794. The maximum absolute atomic E-state index is 13.0. The van der Waals surface area contributed by atoms with Gasteiger partial charge in [-0.1, -0.05) is 135 Å². The standard InChI is InChI=1S/C22H24N4O.C20H24N4O.C18H24N4O2.C2H6/c23-19-21(25-14-8-3-9-15-25)20(18-12-6-2-7-13-18)24-26(22(19)27)16-17-10-4-1-5-11-17;1-2-3-8-15-24-20(25)17(21)19(23-13-9-5-10-14-23)18(22-24)16-11-6-4-7-12-16;19-15-17(21-10-5-2-6-11-21)16(14-8-3-1-4-9-14)20-22(18(15)24)12-7-13-23;1-2/h1-2,4-7,10-13H,3,8-9,14-16,23H2;4,6-7,11-12H,5,8-10,13-15,21H2,1H3;1,3-4,8-9,23H,2,5-7,10-13,19H2;1-2H3. The molecule has 0 aliphatic carbocycles. The second-order valence-corrected chi connectivity index (χ2v) is 19.3. The smallest absolute Gasteiger partial charge is 0.292 e. The van der Waals surface area contributed by atoms with Crippen molar-refractivity contribution in [2.45, 2.75) is 111 Å². The average molecular weight is 1060 g/mol. The summed E-state index contributed by atoms with van der Waals surface area (Å²) in [4.78, 5) is 44.9. The molecule has 10 rings (SSSR count). The number of piperidine rings is 3. The van der Waals surface area contributed by atoms with E-state index in [1.165, 1.54) is 33.3 Å². The van der Waals surface area contributed by atoms with E-state index in [9.17, 15) is 14.4 Å². The van der Waals surface area contributed by atoms with Crippen molar-refractivity contribution >= 4 is 34.1 Å². The molecule has 0 atom stereocenters. The van der Waals surface area contributed by atoms with Crippen molar-refractivity contribution in [2.24, 2.45) is 0 Å². The van der Waals surface area contributed by atoms with Gasteiger partial charge < -0.3 is 37.0 Å². The van der Waals surface area contributed by atoms with Gasteiger partial charge >= 0.3 is 0 Å². The molecule has 16 nitrogen and oxygen atoms in total. The Hall–Kier alpha value is -8.16. The number of hydrogen-bond donors (Lipinski definition) is 4. The van der Waals surface area contributed by atoms with Crippen LogP contribution in [0.15, 0.2) is 136 Å². The van der Waals surface area contributed by atoms with Gasteiger partial charge in [0.1, 0.15) is 34.1 Å². The molecule has 78 heavy (non-hydrogen) atoms. The second-order valence-electron chi connectivity index (χ2n) is 19.3. The summed E-state index contributed by atoms with van der Waals surface area (Å²) >= 11 is 0. The Bertz CT molecular complexity index is 3230. The van der Waals surface area contributed by atoms with Gasteiger partial charge in [0.2, 0.25) is 0 Å². The second kappa shape index (κ2) is 29.4. The minimum atomic E-state index is -0.274. The van der Waals surface area contributed by atoms with E-state index in [0.29, 0.717) is 43.9 Å². The fourth-order valence-corrected chi connectivity index (χ4v) is 10.1. The molecule has 7 aromatic rings. The Kier molecular flexibility index (Phi) is 21.7. The summed E-state index contributed by atoms with van der Waals surface area (Å²) in [6.45, 7) is 12.5. The van der Waals surface area contributed by atoms with Gasteiger partial charge in [-0.2, -0.15) is 15.3 Å². The molecule has 0 amide bonds. The summed E-state index contributed by atoms with van der Waals surface area (Å²) in [6, 6.07) is 39.6. The van der Waals surface area contributed by atoms with Crippen LogP contribution in [0.5, 0.6) is 0 Å². The van der Waals surface area contributed by atoms with Gasteiger partial charge in [0, 0.05) is 75.5 Å². The van der Waals surface area contributed by atoms with Gasteiger partial charge in [0.15, 0.2) is 0 Å². The summed E-state index contributed by atoms with van der Waals surface area (Å²) in [5.74, 6) is 5.83. The first-order valence-electron chi connectivity index (χ1n) is 27.9. The van der Waals surface area contributed by atoms with Crippen molar-refractivity contribution in [1.82, 2.24) is 29.3 Å². The molecule has 3 saturated heterocycles. The van der Waals surface area contributed by atoms with Gasteiger partial charge in [-0.3, -0.25) is 14.4 Å². The van der Waals surface area contributed by atoms with Crippen LogP contribution in [0.2, 0.25) is 0 Å². The summed E-state index contributed by atoms with van der Waals surface area (Å²) in [5.41, 5.74) is 27.6. The first-order chi connectivity index (χ1) is 38.2. The van der Waals surface area contributed by atoms with Crippen molar-refractivity contribution in [2.75, 3.05) is 77.8 Å². The topological polar surface area (TPSA) is 213 Å². The highest BCUT2D eigenvalue weighted by atomic mass is 16.3. The van der Waals surface area contributed by atoms with Gasteiger partial charge in [0.05, 0.1) is 30.2 Å². The molecule has 3 aromatic heterocycles. The SMILES string of the molecule is CC.CC#CCCn1nc(-c2ccccc2)c(N2CCCCC2)c(N)c1=O.Nc1c(N2CCCCC2)c(-c2ccccc2)nn(CCCO)c1=O.Nc1c(N2CCCCC2)c(-c2ccccc2)nn(Cc2ccccc2)c1=O. The average Bonchev–Trinajstić information content (AvgIpc) is 3.64. The molecule has 6 heterocycles. The molecule has 410 valence electrons. The number of aromatic nitrogens is 6. The van der Waals surface area contributed by atoms with E-state index < -0.39 is 0 Å². The lowest BCUT2D eigenvalue weighted by atomic mass is 10.1. The maximum atomic E-state index is 13.0. The van der Waals surface area contributed by atoms with Crippen molar-refractivity contribution < 1.29 is 5.11 Å². The molecule has 3 aliphatic heterocycles. The van der Waals surface area contributed by atoms with E-state index in [4.69, 9.17) is 27.4 Å². The molecule has 0 bridgehead atoms. The summed E-state index contributed by atoms with van der Waals surface area (Å²) in [7, 11) is 0. The number of nitrogens with zero attached hydrogens (tertiary/aromatic N) is 9. The van der Waals surface area contributed by atoms with Crippen molar-refractivity contribution in [1.29, 1.82) is 0 Å². The van der Waals surface area contributed by atoms with Crippen LogP contribution in [-0.2, 0) is 19.6 Å². The van der Waals surface area contributed by atoms with Gasteiger partial charge in [-0.25, -0.2) is 14.0 Å². The first-order valence-corrected chi connectivity index (χ1v) is 27.9. The number of nitrogen functional groups attached to an aromatic ring is 3. The van der Waals surface area contributed by atoms with E-state index in [1.807, 2.05) is 135 Å². The number of hydrogen-bond acceptors (Lipinski definition) is 13. The molecular weight excluding hydrogens is 977 g/mol. The van der Waals surface area contributed by atoms with Gasteiger partial charge in [0.25, 0.3) is 16.7 Å². The fraction of sp³-hybridized carbons (Fsp3) is 0.387. The monoisotopic (exact) mass is 1050 g/mol. The number of rotatable bonds is 13. The molecule has 3 fully saturated rings. The molecule has 4 aromatic carbocycles. The number of benzene rings is 4. The number of aliphatic hydroxyl groups is 1. The highest BCUT2D eigenvalue weighted by Gasteiger charge is 2.26. The Morgan fingerprint density at radius 2 is 0.782 bits per heavy atom. The first kappa shape index (κ1) is 57.5. The van der Waals surface area contributed by atoms with E-state index in [-0.39, 0.29) is 29.0 Å². The molecule has 0 radical (unpaired) electrons. The van der Waals surface area contributed by atoms with Crippen molar-refractivity contribution in [3.8, 4) is 45.6 Å². The van der Waals surface area contributed by atoms with Crippen LogP contribution < -0.4 is 48.6 Å². The van der Waals surface area contributed by atoms with Crippen molar-refractivity contribution in [3.05, 3.63) is 158 Å². The molecule has 0 spiro atoms. The summed E-state index contributed by atoms with van der Waals surface area (Å²) in [5, 5.41) is 23.1. The number of aryl methyl sites for hydroxylation is 2. The lowest BCUT2D eigenvalue weighted by molar-refractivity contribution is 0.275. The van der Waals surface area contributed by atoms with Crippen LogP contribution in [0.1, 0.15) is 97.0 Å². The zero-order chi connectivity index (χ0) is 55.2. The zero-order valence-electron chi connectivity index (χ0n) is 45.8. The van der Waals surface area contributed by atoms with E-state index in [0.717, 1.165) is 134 Å². The van der Waals surface area contributed by atoms with Crippen LogP contribution in [-0.4, -0.2) is 80.3 Å². The Balaban J connectivity index is 0.000000167.